The molecular weight excluding hydrogens is 473 g/mol. The van der Waals surface area contributed by atoms with E-state index in [1.165, 1.54) is 20.1 Å². The first-order valence-corrected chi connectivity index (χ1v) is 13.2. The number of nitrogens with one attached hydrogen (secondary N) is 2. The van der Waals surface area contributed by atoms with Crippen molar-refractivity contribution in [2.75, 3.05) is 13.7 Å². The van der Waals surface area contributed by atoms with Crippen molar-refractivity contribution < 1.29 is 23.8 Å². The van der Waals surface area contributed by atoms with E-state index >= 15 is 0 Å². The highest BCUT2D eigenvalue weighted by atomic mass is 19.1. The van der Waals surface area contributed by atoms with Gasteiger partial charge in [0.15, 0.2) is 11.6 Å². The lowest BCUT2D eigenvalue weighted by Crippen LogP contribution is -2.52. The van der Waals surface area contributed by atoms with Gasteiger partial charge < -0.3 is 25.2 Å². The second-order valence-electron chi connectivity index (χ2n) is 11.8. The zero-order valence-electron chi connectivity index (χ0n) is 22.6. The van der Waals surface area contributed by atoms with Gasteiger partial charge in [-0.1, -0.05) is 26.8 Å². The highest BCUT2D eigenvalue weighted by Gasteiger charge is 2.46. The number of hydrogen-bond donors (Lipinski definition) is 3. The number of rotatable bonds is 9. The standard InChI is InChI=1S/C29H40FN3O4/c1-18(34)33-23(12-19-7-8-22(30)26(13-19)36-5)25(35)17-31-24-15-29(9-6-10-29)37-27-21(24)11-20(16-32-27)14-28(2,3)4/h7-8,11,13,16,23-25,31,35H,6,9-10,12,14-15,17H2,1-5H3,(H,33,34)/t23-,24-,25+/m0/s1. The van der Waals surface area contributed by atoms with E-state index in [9.17, 15) is 14.3 Å². The van der Waals surface area contributed by atoms with Crippen LogP contribution >= 0.6 is 0 Å². The molecule has 4 rings (SSSR count). The normalized spacial score (nSPS) is 19.8. The third kappa shape index (κ3) is 6.79. The van der Waals surface area contributed by atoms with Crippen LogP contribution in [-0.4, -0.2) is 47.4 Å². The van der Waals surface area contributed by atoms with Crippen molar-refractivity contribution in [3.8, 4) is 11.6 Å². The summed E-state index contributed by atoms with van der Waals surface area (Å²) in [5.41, 5.74) is 2.88. The lowest BCUT2D eigenvalue weighted by Gasteiger charge is -2.47. The van der Waals surface area contributed by atoms with Crippen molar-refractivity contribution in [2.24, 2.45) is 5.41 Å². The minimum Gasteiger partial charge on any atom is -0.494 e. The van der Waals surface area contributed by atoms with Crippen LogP contribution in [-0.2, 0) is 17.6 Å². The van der Waals surface area contributed by atoms with Gasteiger partial charge in [0.25, 0.3) is 0 Å². The molecule has 0 unspecified atom stereocenters. The zero-order chi connectivity index (χ0) is 26.8. The largest absolute Gasteiger partial charge is 0.494 e. The predicted molar refractivity (Wildman–Crippen MR) is 140 cm³/mol. The summed E-state index contributed by atoms with van der Waals surface area (Å²) < 4.78 is 25.3. The van der Waals surface area contributed by atoms with Gasteiger partial charge in [-0.15, -0.1) is 0 Å². The highest BCUT2D eigenvalue weighted by Crippen LogP contribution is 2.48. The lowest BCUT2D eigenvalue weighted by molar-refractivity contribution is -0.120. The maximum absolute atomic E-state index is 13.9. The van der Waals surface area contributed by atoms with Crippen LogP contribution in [0.2, 0.25) is 0 Å². The summed E-state index contributed by atoms with van der Waals surface area (Å²) in [6.45, 7) is 8.31. The molecule has 7 nitrogen and oxygen atoms in total. The maximum atomic E-state index is 13.9. The number of benzene rings is 1. The molecule has 1 saturated carbocycles. The fourth-order valence-corrected chi connectivity index (χ4v) is 5.38. The summed E-state index contributed by atoms with van der Waals surface area (Å²) in [6.07, 6.45) is 6.24. The molecule has 1 fully saturated rings. The number of fused-ring (bicyclic) bond motifs is 1. The minimum absolute atomic E-state index is 0.0185. The first kappa shape index (κ1) is 27.3. The number of aromatic nitrogens is 1. The lowest BCUT2D eigenvalue weighted by atomic mass is 9.73. The van der Waals surface area contributed by atoms with Crippen molar-refractivity contribution in [3.05, 3.63) is 53.0 Å². The number of aliphatic hydroxyl groups excluding tert-OH is 1. The first-order valence-electron chi connectivity index (χ1n) is 13.2. The van der Waals surface area contributed by atoms with Crippen LogP contribution in [0.15, 0.2) is 30.5 Å². The molecule has 1 spiro atoms. The molecule has 1 aliphatic carbocycles. The number of amides is 1. The molecule has 2 heterocycles. The molecule has 1 aromatic heterocycles. The predicted octanol–water partition coefficient (Wildman–Crippen LogP) is 4.26. The van der Waals surface area contributed by atoms with Crippen molar-refractivity contribution in [3.63, 3.8) is 0 Å². The van der Waals surface area contributed by atoms with E-state index in [4.69, 9.17) is 9.47 Å². The van der Waals surface area contributed by atoms with Crippen LogP contribution < -0.4 is 20.1 Å². The second kappa shape index (κ2) is 11.0. The van der Waals surface area contributed by atoms with Crippen LogP contribution in [0.1, 0.15) is 76.1 Å². The van der Waals surface area contributed by atoms with E-state index in [-0.39, 0.29) is 35.3 Å². The average molecular weight is 514 g/mol. The Morgan fingerprint density at radius 2 is 2.05 bits per heavy atom. The summed E-state index contributed by atoms with van der Waals surface area (Å²) in [7, 11) is 1.41. The Labute approximate surface area is 219 Å². The maximum Gasteiger partial charge on any atom is 0.218 e. The van der Waals surface area contributed by atoms with Crippen LogP contribution in [0.4, 0.5) is 4.39 Å². The number of ether oxygens (including phenoxy) is 2. The number of methoxy groups -OCH3 is 1. The van der Waals surface area contributed by atoms with Crippen LogP contribution in [0.3, 0.4) is 0 Å². The Bertz CT molecular complexity index is 1110. The minimum atomic E-state index is -0.866. The van der Waals surface area contributed by atoms with E-state index in [2.05, 4.69) is 42.5 Å². The third-order valence-electron chi connectivity index (χ3n) is 7.30. The molecular formula is C29H40FN3O4. The first-order chi connectivity index (χ1) is 17.5. The smallest absolute Gasteiger partial charge is 0.218 e. The topological polar surface area (TPSA) is 92.7 Å². The van der Waals surface area contributed by atoms with Crippen LogP contribution in [0.25, 0.3) is 0 Å². The van der Waals surface area contributed by atoms with Crippen molar-refractivity contribution in [1.29, 1.82) is 0 Å². The second-order valence-corrected chi connectivity index (χ2v) is 11.8. The monoisotopic (exact) mass is 513 g/mol. The van der Waals surface area contributed by atoms with Crippen LogP contribution in [0.5, 0.6) is 11.6 Å². The van der Waals surface area contributed by atoms with Gasteiger partial charge in [-0.05, 0) is 66.8 Å². The Hall–Kier alpha value is -2.71. The van der Waals surface area contributed by atoms with Crippen LogP contribution in [0, 0.1) is 11.2 Å². The number of carbonyl (C=O) groups is 1. The molecule has 1 amide bonds. The Morgan fingerprint density at radius 1 is 1.30 bits per heavy atom. The fourth-order valence-electron chi connectivity index (χ4n) is 5.38. The molecule has 0 radical (unpaired) electrons. The summed E-state index contributed by atoms with van der Waals surface area (Å²) >= 11 is 0. The van der Waals surface area contributed by atoms with Gasteiger partial charge in [-0.25, -0.2) is 9.37 Å². The van der Waals surface area contributed by atoms with Crippen molar-refractivity contribution in [1.82, 2.24) is 15.6 Å². The van der Waals surface area contributed by atoms with E-state index in [1.807, 2.05) is 6.20 Å². The highest BCUT2D eigenvalue weighted by molar-refractivity contribution is 5.73. The molecule has 0 bridgehead atoms. The fraction of sp³-hybridized carbons (Fsp3) is 0.586. The summed E-state index contributed by atoms with van der Waals surface area (Å²) in [4.78, 5) is 16.6. The van der Waals surface area contributed by atoms with Gasteiger partial charge in [-0.2, -0.15) is 0 Å². The molecule has 1 aromatic carbocycles. The van der Waals surface area contributed by atoms with Gasteiger partial charge in [-0.3, -0.25) is 4.79 Å². The SMILES string of the molecule is COc1cc(C[C@H](NC(C)=O)[C@H](O)CN[C@H]2CC3(CCC3)Oc3ncc(CC(C)(C)C)cc32)ccc1F. The quantitative estimate of drug-likeness (QED) is 0.464. The van der Waals surface area contributed by atoms with Gasteiger partial charge in [0, 0.05) is 37.7 Å². The van der Waals surface area contributed by atoms with Gasteiger partial charge >= 0.3 is 0 Å². The average Bonchev–Trinajstić information content (AvgIpc) is 2.80. The number of halogens is 1. The Balaban J connectivity index is 1.50. The number of nitrogens with zero attached hydrogens (tertiary/aromatic N) is 1. The van der Waals surface area contributed by atoms with E-state index in [0.29, 0.717) is 12.3 Å². The molecule has 2 aromatic rings. The third-order valence-corrected chi connectivity index (χ3v) is 7.30. The molecule has 0 saturated heterocycles. The van der Waals surface area contributed by atoms with E-state index in [0.717, 1.165) is 48.8 Å². The molecule has 3 atom stereocenters. The van der Waals surface area contributed by atoms with E-state index < -0.39 is 18.0 Å². The molecule has 1 aliphatic heterocycles. The Kier molecular flexibility index (Phi) is 8.09. The molecule has 3 N–H and O–H groups in total. The van der Waals surface area contributed by atoms with Gasteiger partial charge in [0.05, 0.1) is 19.3 Å². The molecule has 2 aliphatic rings. The van der Waals surface area contributed by atoms with Gasteiger partial charge in [0.2, 0.25) is 11.8 Å². The number of hydrogen-bond acceptors (Lipinski definition) is 6. The number of carbonyl (C=O) groups excluding carboxylic acids is 1. The van der Waals surface area contributed by atoms with Gasteiger partial charge in [0.1, 0.15) is 5.60 Å². The van der Waals surface area contributed by atoms with Crippen molar-refractivity contribution in [2.45, 2.75) is 90.0 Å². The molecule has 8 heteroatoms. The summed E-state index contributed by atoms with van der Waals surface area (Å²) in [5.74, 6) is 0.119. The zero-order valence-corrected chi connectivity index (χ0v) is 22.6. The molecule has 202 valence electrons. The summed E-state index contributed by atoms with van der Waals surface area (Å²) in [5, 5.41) is 17.6. The summed E-state index contributed by atoms with van der Waals surface area (Å²) in [6, 6.07) is 6.19. The van der Waals surface area contributed by atoms with E-state index in [1.54, 1.807) is 12.1 Å². The number of pyridine rings is 1. The Morgan fingerprint density at radius 3 is 2.68 bits per heavy atom. The molecule has 37 heavy (non-hydrogen) atoms. The van der Waals surface area contributed by atoms with Crippen molar-refractivity contribution >= 4 is 5.91 Å². The number of aliphatic hydroxyl groups is 1.